The molecule has 4 heteroatoms. The molecule has 1 aromatic rings. The van der Waals surface area contributed by atoms with E-state index in [1.165, 1.54) is 0 Å². The van der Waals surface area contributed by atoms with Crippen molar-refractivity contribution in [3.8, 4) is 0 Å². The van der Waals surface area contributed by atoms with Crippen molar-refractivity contribution in [2.45, 2.75) is 25.8 Å². The van der Waals surface area contributed by atoms with Crippen LogP contribution in [0.15, 0.2) is 18.3 Å². The minimum atomic E-state index is 0.162. The van der Waals surface area contributed by atoms with E-state index in [0.717, 1.165) is 30.8 Å². The molecule has 1 aliphatic rings. The summed E-state index contributed by atoms with van der Waals surface area (Å²) in [7, 11) is 0. The number of amides is 1. The lowest BCUT2D eigenvalue weighted by atomic mass is 10.1. The number of pyridine rings is 1. The van der Waals surface area contributed by atoms with Gasteiger partial charge < -0.3 is 5.73 Å². The van der Waals surface area contributed by atoms with Gasteiger partial charge in [-0.05, 0) is 18.9 Å². The van der Waals surface area contributed by atoms with Gasteiger partial charge in [-0.25, -0.2) is 4.98 Å². The van der Waals surface area contributed by atoms with Crippen molar-refractivity contribution in [3.63, 3.8) is 0 Å². The van der Waals surface area contributed by atoms with Crippen molar-refractivity contribution in [2.75, 3.05) is 11.4 Å². The highest BCUT2D eigenvalue weighted by molar-refractivity contribution is 5.93. The van der Waals surface area contributed by atoms with Crippen LogP contribution in [0.2, 0.25) is 0 Å². The number of aromatic nitrogens is 1. The summed E-state index contributed by atoms with van der Waals surface area (Å²) in [5.74, 6) is 0.902. The molecular weight excluding hydrogens is 190 g/mol. The lowest BCUT2D eigenvalue weighted by Crippen LogP contribution is -2.36. The van der Waals surface area contributed by atoms with Gasteiger partial charge in [0.05, 0.1) is 0 Å². The summed E-state index contributed by atoms with van der Waals surface area (Å²) >= 11 is 0. The fourth-order valence-electron chi connectivity index (χ4n) is 1.86. The summed E-state index contributed by atoms with van der Waals surface area (Å²) in [6.45, 7) is 1.19. The summed E-state index contributed by atoms with van der Waals surface area (Å²) in [6, 6.07) is 3.77. The second kappa shape index (κ2) is 4.40. The van der Waals surface area contributed by atoms with Crippen molar-refractivity contribution in [1.29, 1.82) is 0 Å². The molecule has 0 bridgehead atoms. The molecule has 0 saturated carbocycles. The van der Waals surface area contributed by atoms with E-state index in [9.17, 15) is 4.79 Å². The highest BCUT2D eigenvalue weighted by atomic mass is 16.2. The van der Waals surface area contributed by atoms with E-state index < -0.39 is 0 Å². The van der Waals surface area contributed by atoms with Crippen LogP contribution >= 0.6 is 0 Å². The zero-order valence-electron chi connectivity index (χ0n) is 8.65. The third-order valence-corrected chi connectivity index (χ3v) is 2.67. The molecule has 15 heavy (non-hydrogen) atoms. The first-order valence-electron chi connectivity index (χ1n) is 5.27. The van der Waals surface area contributed by atoms with E-state index in [1.807, 2.05) is 12.1 Å². The van der Waals surface area contributed by atoms with Gasteiger partial charge in [0.2, 0.25) is 5.91 Å². The maximum absolute atomic E-state index is 11.7. The first kappa shape index (κ1) is 10.1. The number of rotatable bonds is 2. The number of anilines is 1. The molecule has 0 aromatic carbocycles. The minimum Gasteiger partial charge on any atom is -0.326 e. The van der Waals surface area contributed by atoms with Crippen molar-refractivity contribution in [3.05, 3.63) is 23.9 Å². The fourth-order valence-corrected chi connectivity index (χ4v) is 1.86. The Hall–Kier alpha value is -1.42. The first-order chi connectivity index (χ1) is 7.33. The summed E-state index contributed by atoms with van der Waals surface area (Å²) in [4.78, 5) is 17.7. The molecule has 0 radical (unpaired) electrons. The van der Waals surface area contributed by atoms with Crippen LogP contribution in [-0.2, 0) is 11.3 Å². The number of hydrogen-bond acceptors (Lipinski definition) is 3. The van der Waals surface area contributed by atoms with Crippen LogP contribution in [0, 0.1) is 0 Å². The van der Waals surface area contributed by atoms with Gasteiger partial charge in [-0.15, -0.1) is 0 Å². The van der Waals surface area contributed by atoms with Crippen LogP contribution in [0.25, 0.3) is 0 Å². The monoisotopic (exact) mass is 205 g/mol. The molecule has 1 aliphatic heterocycles. The van der Waals surface area contributed by atoms with Gasteiger partial charge in [0.25, 0.3) is 0 Å². The number of carbonyl (C=O) groups excluding carboxylic acids is 1. The second-order valence-corrected chi connectivity index (χ2v) is 3.69. The van der Waals surface area contributed by atoms with E-state index in [2.05, 4.69) is 4.98 Å². The van der Waals surface area contributed by atoms with Crippen LogP contribution in [0.4, 0.5) is 5.82 Å². The molecular formula is C11H15N3O. The molecule has 1 fully saturated rings. The van der Waals surface area contributed by atoms with Gasteiger partial charge in [-0.2, -0.15) is 0 Å². The second-order valence-electron chi connectivity index (χ2n) is 3.69. The van der Waals surface area contributed by atoms with Crippen LogP contribution in [-0.4, -0.2) is 17.4 Å². The summed E-state index contributed by atoms with van der Waals surface area (Å²) in [5, 5.41) is 0. The number of nitrogens with zero attached hydrogens (tertiary/aromatic N) is 2. The Kier molecular flexibility index (Phi) is 2.97. The molecule has 1 aromatic heterocycles. The van der Waals surface area contributed by atoms with E-state index in [1.54, 1.807) is 11.1 Å². The molecule has 2 N–H and O–H groups in total. The summed E-state index contributed by atoms with van der Waals surface area (Å²) in [5.41, 5.74) is 6.56. The molecule has 2 rings (SSSR count). The van der Waals surface area contributed by atoms with E-state index in [0.29, 0.717) is 13.0 Å². The quantitative estimate of drug-likeness (QED) is 0.785. The van der Waals surface area contributed by atoms with Gasteiger partial charge in [-0.1, -0.05) is 6.07 Å². The number of piperidine rings is 1. The van der Waals surface area contributed by atoms with Crippen LogP contribution in [0.5, 0.6) is 0 Å². The Balaban J connectivity index is 2.30. The van der Waals surface area contributed by atoms with Crippen molar-refractivity contribution in [1.82, 2.24) is 4.98 Å². The van der Waals surface area contributed by atoms with E-state index >= 15 is 0 Å². The number of carbonyl (C=O) groups is 1. The fraction of sp³-hybridized carbons (Fsp3) is 0.455. The Morgan fingerprint density at radius 3 is 3.07 bits per heavy atom. The smallest absolute Gasteiger partial charge is 0.228 e. The highest BCUT2D eigenvalue weighted by Crippen LogP contribution is 2.21. The molecule has 0 spiro atoms. The van der Waals surface area contributed by atoms with Gasteiger partial charge >= 0.3 is 0 Å². The number of hydrogen-bond donors (Lipinski definition) is 1. The maximum atomic E-state index is 11.7. The predicted molar refractivity (Wildman–Crippen MR) is 58.3 cm³/mol. The molecule has 4 nitrogen and oxygen atoms in total. The highest BCUT2D eigenvalue weighted by Gasteiger charge is 2.22. The molecule has 1 saturated heterocycles. The molecule has 2 heterocycles. The molecule has 0 unspecified atom stereocenters. The average Bonchev–Trinajstić information content (AvgIpc) is 2.30. The lowest BCUT2D eigenvalue weighted by Gasteiger charge is -2.27. The van der Waals surface area contributed by atoms with Gasteiger partial charge in [0, 0.05) is 31.3 Å². The third-order valence-electron chi connectivity index (χ3n) is 2.67. The molecule has 80 valence electrons. The molecule has 1 amide bonds. The van der Waals surface area contributed by atoms with Crippen molar-refractivity contribution in [2.24, 2.45) is 5.73 Å². The lowest BCUT2D eigenvalue weighted by molar-refractivity contribution is -0.119. The Labute approximate surface area is 89.1 Å². The van der Waals surface area contributed by atoms with Gasteiger partial charge in [0.1, 0.15) is 5.82 Å². The molecule has 0 aliphatic carbocycles. The third kappa shape index (κ3) is 1.99. The van der Waals surface area contributed by atoms with Gasteiger partial charge in [0.15, 0.2) is 0 Å². The number of nitrogens with two attached hydrogens (primary N) is 1. The summed E-state index contributed by atoms with van der Waals surface area (Å²) < 4.78 is 0. The largest absolute Gasteiger partial charge is 0.326 e. The Bertz CT molecular complexity index is 365. The minimum absolute atomic E-state index is 0.162. The zero-order chi connectivity index (χ0) is 10.7. The van der Waals surface area contributed by atoms with E-state index in [-0.39, 0.29) is 5.91 Å². The SMILES string of the molecule is NCc1cccnc1N1CCCCC1=O. The summed E-state index contributed by atoms with van der Waals surface area (Å²) in [6.07, 6.45) is 4.36. The van der Waals surface area contributed by atoms with Crippen molar-refractivity contribution >= 4 is 11.7 Å². The van der Waals surface area contributed by atoms with Gasteiger partial charge in [-0.3, -0.25) is 9.69 Å². The normalized spacial score (nSPS) is 16.9. The Morgan fingerprint density at radius 1 is 1.47 bits per heavy atom. The molecule has 0 atom stereocenters. The predicted octanol–water partition coefficient (Wildman–Crippen LogP) is 1.06. The van der Waals surface area contributed by atoms with Crippen LogP contribution in [0.3, 0.4) is 0 Å². The van der Waals surface area contributed by atoms with Crippen LogP contribution < -0.4 is 10.6 Å². The standard InChI is InChI=1S/C11H15N3O/c12-8-9-4-3-6-13-11(9)14-7-2-1-5-10(14)15/h3-4,6H,1-2,5,7-8,12H2. The van der Waals surface area contributed by atoms with Crippen molar-refractivity contribution < 1.29 is 4.79 Å². The van der Waals surface area contributed by atoms with Crippen LogP contribution in [0.1, 0.15) is 24.8 Å². The first-order valence-corrected chi connectivity index (χ1v) is 5.27. The maximum Gasteiger partial charge on any atom is 0.228 e. The zero-order valence-corrected chi connectivity index (χ0v) is 8.65. The Morgan fingerprint density at radius 2 is 2.33 bits per heavy atom. The van der Waals surface area contributed by atoms with E-state index in [4.69, 9.17) is 5.73 Å². The topological polar surface area (TPSA) is 59.2 Å². The average molecular weight is 205 g/mol.